The van der Waals surface area contributed by atoms with E-state index in [9.17, 15) is 13.2 Å². The Kier molecular flexibility index (Phi) is 6.20. The van der Waals surface area contributed by atoms with E-state index in [0.717, 1.165) is 0 Å². The average Bonchev–Trinajstić information content (AvgIpc) is 3.13. The van der Waals surface area contributed by atoms with Crippen molar-refractivity contribution < 1.29 is 22.4 Å². The zero-order valence-electron chi connectivity index (χ0n) is 15.2. The molecule has 0 unspecified atom stereocenters. The number of likely N-dealkylation sites (tertiary alicyclic amines) is 1. The van der Waals surface area contributed by atoms with Crippen LogP contribution in [-0.4, -0.2) is 68.9 Å². The number of esters is 1. The van der Waals surface area contributed by atoms with Crippen molar-refractivity contribution in [2.24, 2.45) is 11.8 Å². The minimum Gasteiger partial charge on any atom is -0.464 e. The van der Waals surface area contributed by atoms with Crippen molar-refractivity contribution in [3.05, 3.63) is 17.8 Å². The SMILES string of the molecule is COC(=O)c1coc(CN2C[C@@H](NS(=O)(=O)N(C)C)[C@H](C(C)C)C2)n1. The van der Waals surface area contributed by atoms with Crippen molar-refractivity contribution in [2.45, 2.75) is 26.4 Å². The van der Waals surface area contributed by atoms with Crippen LogP contribution in [0, 0.1) is 11.8 Å². The Morgan fingerprint density at radius 1 is 1.48 bits per heavy atom. The van der Waals surface area contributed by atoms with Crippen LogP contribution in [0.3, 0.4) is 0 Å². The molecular formula is C15H26N4O5S. The second kappa shape index (κ2) is 7.81. The molecule has 1 aliphatic heterocycles. The zero-order chi connectivity index (χ0) is 18.8. The summed E-state index contributed by atoms with van der Waals surface area (Å²) in [6.07, 6.45) is 1.27. The lowest BCUT2D eigenvalue weighted by Crippen LogP contribution is -2.46. The molecular weight excluding hydrogens is 348 g/mol. The van der Waals surface area contributed by atoms with Gasteiger partial charge < -0.3 is 9.15 Å². The van der Waals surface area contributed by atoms with Gasteiger partial charge in [0.25, 0.3) is 10.2 Å². The van der Waals surface area contributed by atoms with Crippen LogP contribution in [0.5, 0.6) is 0 Å². The first-order valence-electron chi connectivity index (χ1n) is 8.09. The first-order chi connectivity index (χ1) is 11.6. The molecule has 0 radical (unpaired) electrons. The number of hydrogen-bond acceptors (Lipinski definition) is 7. The Labute approximate surface area is 148 Å². The van der Waals surface area contributed by atoms with Gasteiger partial charge in [-0.15, -0.1) is 0 Å². The molecule has 25 heavy (non-hydrogen) atoms. The number of nitrogens with zero attached hydrogens (tertiary/aromatic N) is 3. The summed E-state index contributed by atoms with van der Waals surface area (Å²) in [5.41, 5.74) is 0.127. The molecule has 2 atom stereocenters. The monoisotopic (exact) mass is 374 g/mol. The van der Waals surface area contributed by atoms with E-state index in [0.29, 0.717) is 31.4 Å². The van der Waals surface area contributed by atoms with E-state index in [1.807, 2.05) is 0 Å². The maximum Gasteiger partial charge on any atom is 0.360 e. The fourth-order valence-electron chi connectivity index (χ4n) is 2.91. The number of hydrogen-bond donors (Lipinski definition) is 1. The molecule has 2 rings (SSSR count). The Hall–Kier alpha value is -1.49. The molecule has 1 N–H and O–H groups in total. The van der Waals surface area contributed by atoms with Crippen LogP contribution in [0.2, 0.25) is 0 Å². The molecule has 1 aromatic heterocycles. The lowest BCUT2D eigenvalue weighted by molar-refractivity contribution is 0.0594. The predicted octanol–water partition coefficient (Wildman–Crippen LogP) is 0.314. The van der Waals surface area contributed by atoms with Crippen molar-refractivity contribution in [1.29, 1.82) is 0 Å². The van der Waals surface area contributed by atoms with Gasteiger partial charge in [-0.2, -0.15) is 17.4 Å². The van der Waals surface area contributed by atoms with E-state index in [-0.39, 0.29) is 17.7 Å². The maximum absolute atomic E-state index is 12.1. The number of ether oxygens (including phenoxy) is 1. The summed E-state index contributed by atoms with van der Waals surface area (Å²) < 4.78 is 38.2. The van der Waals surface area contributed by atoms with Crippen molar-refractivity contribution in [3.8, 4) is 0 Å². The first-order valence-corrected chi connectivity index (χ1v) is 9.53. The third kappa shape index (κ3) is 4.78. The van der Waals surface area contributed by atoms with Gasteiger partial charge in [0.1, 0.15) is 6.26 Å². The summed E-state index contributed by atoms with van der Waals surface area (Å²) in [6.45, 7) is 5.82. The van der Waals surface area contributed by atoms with Gasteiger partial charge in [0.2, 0.25) is 5.89 Å². The van der Waals surface area contributed by atoms with Gasteiger partial charge in [-0.1, -0.05) is 13.8 Å². The van der Waals surface area contributed by atoms with Crippen molar-refractivity contribution in [3.63, 3.8) is 0 Å². The molecule has 0 aliphatic carbocycles. The van der Waals surface area contributed by atoms with E-state index in [1.165, 1.54) is 31.8 Å². The summed E-state index contributed by atoms with van der Waals surface area (Å²) in [6, 6.07) is -0.192. The van der Waals surface area contributed by atoms with Gasteiger partial charge in [-0.05, 0) is 11.8 Å². The van der Waals surface area contributed by atoms with E-state index >= 15 is 0 Å². The van der Waals surface area contributed by atoms with Crippen LogP contribution in [0.1, 0.15) is 30.2 Å². The number of oxazole rings is 1. The molecule has 1 aromatic rings. The van der Waals surface area contributed by atoms with E-state index in [4.69, 9.17) is 4.42 Å². The summed E-state index contributed by atoms with van der Waals surface area (Å²) in [7, 11) is 0.786. The van der Waals surface area contributed by atoms with Gasteiger partial charge in [-0.3, -0.25) is 4.90 Å². The highest BCUT2D eigenvalue weighted by Crippen LogP contribution is 2.26. The standard InChI is InChI=1S/C15H26N4O5S/c1-10(2)11-6-19(7-12(11)17-25(21,22)18(3)4)8-14-16-13(9-24-14)15(20)23-5/h9-12,17H,6-8H2,1-5H3/t11-,12+/m0/s1. The van der Waals surface area contributed by atoms with E-state index in [1.54, 1.807) is 0 Å². The highest BCUT2D eigenvalue weighted by atomic mass is 32.2. The molecule has 0 spiro atoms. The Balaban J connectivity index is 2.06. The highest BCUT2D eigenvalue weighted by molar-refractivity contribution is 7.87. The fourth-order valence-corrected chi connectivity index (χ4v) is 3.76. The van der Waals surface area contributed by atoms with Gasteiger partial charge >= 0.3 is 5.97 Å². The zero-order valence-corrected chi connectivity index (χ0v) is 16.0. The summed E-state index contributed by atoms with van der Waals surface area (Å²) in [5, 5.41) is 0. The normalized spacial score (nSPS) is 22.0. The number of aromatic nitrogens is 1. The summed E-state index contributed by atoms with van der Waals surface area (Å²) >= 11 is 0. The van der Waals surface area contributed by atoms with Crippen molar-refractivity contribution >= 4 is 16.2 Å². The van der Waals surface area contributed by atoms with Gasteiger partial charge in [0.15, 0.2) is 5.69 Å². The van der Waals surface area contributed by atoms with Crippen LogP contribution in [0.4, 0.5) is 0 Å². The Bertz CT molecular complexity index is 701. The van der Waals surface area contributed by atoms with Gasteiger partial charge in [-0.25, -0.2) is 9.78 Å². The Morgan fingerprint density at radius 3 is 2.72 bits per heavy atom. The third-order valence-corrected chi connectivity index (χ3v) is 5.95. The van der Waals surface area contributed by atoms with Crippen LogP contribution < -0.4 is 4.72 Å². The van der Waals surface area contributed by atoms with E-state index in [2.05, 4.69) is 33.2 Å². The van der Waals surface area contributed by atoms with Crippen LogP contribution in [0.25, 0.3) is 0 Å². The van der Waals surface area contributed by atoms with Crippen molar-refractivity contribution in [2.75, 3.05) is 34.3 Å². The topological polar surface area (TPSA) is 105 Å². The maximum atomic E-state index is 12.1. The molecule has 142 valence electrons. The number of carbonyl (C=O) groups excluding carboxylic acids is 1. The number of methoxy groups -OCH3 is 1. The molecule has 0 bridgehead atoms. The largest absolute Gasteiger partial charge is 0.464 e. The molecule has 0 aromatic carbocycles. The molecule has 1 fully saturated rings. The smallest absolute Gasteiger partial charge is 0.360 e. The number of nitrogens with one attached hydrogen (secondary N) is 1. The predicted molar refractivity (Wildman–Crippen MR) is 91.0 cm³/mol. The average molecular weight is 374 g/mol. The second-order valence-electron chi connectivity index (χ2n) is 6.73. The van der Waals surface area contributed by atoms with Gasteiger partial charge in [0, 0.05) is 33.2 Å². The lowest BCUT2D eigenvalue weighted by atomic mass is 9.92. The third-order valence-electron chi connectivity index (χ3n) is 4.38. The molecule has 1 saturated heterocycles. The quantitative estimate of drug-likeness (QED) is 0.685. The second-order valence-corrected chi connectivity index (χ2v) is 8.65. The van der Waals surface area contributed by atoms with Crippen LogP contribution in [-0.2, 0) is 21.5 Å². The summed E-state index contributed by atoms with van der Waals surface area (Å²) in [4.78, 5) is 17.6. The van der Waals surface area contributed by atoms with Crippen LogP contribution >= 0.6 is 0 Å². The molecule has 2 heterocycles. The minimum absolute atomic E-state index is 0.127. The highest BCUT2D eigenvalue weighted by Gasteiger charge is 2.37. The molecule has 0 amide bonds. The summed E-state index contributed by atoms with van der Waals surface area (Å²) in [5.74, 6) is 0.340. The van der Waals surface area contributed by atoms with E-state index < -0.39 is 16.2 Å². The fraction of sp³-hybridized carbons (Fsp3) is 0.733. The van der Waals surface area contributed by atoms with Crippen molar-refractivity contribution in [1.82, 2.24) is 18.9 Å². The molecule has 1 aliphatic rings. The number of rotatable bonds is 7. The number of carbonyl (C=O) groups is 1. The minimum atomic E-state index is -3.50. The lowest BCUT2D eigenvalue weighted by Gasteiger charge is -2.24. The Morgan fingerprint density at radius 2 is 2.16 bits per heavy atom. The molecule has 9 nitrogen and oxygen atoms in total. The van der Waals surface area contributed by atoms with Gasteiger partial charge in [0.05, 0.1) is 13.7 Å². The van der Waals surface area contributed by atoms with Crippen LogP contribution in [0.15, 0.2) is 10.7 Å². The first kappa shape index (κ1) is 19.8. The molecule has 0 saturated carbocycles. The molecule has 10 heteroatoms.